The second-order valence-electron chi connectivity index (χ2n) is 6.40. The summed E-state index contributed by atoms with van der Waals surface area (Å²) in [7, 11) is 1.48. The first-order valence-electron chi connectivity index (χ1n) is 8.87. The largest absolute Gasteiger partial charge is 0.468 e. The predicted octanol–water partition coefficient (Wildman–Crippen LogP) is 1.43. The summed E-state index contributed by atoms with van der Waals surface area (Å²) in [6.07, 6.45) is 5.55. The van der Waals surface area contributed by atoms with Crippen molar-refractivity contribution in [3.63, 3.8) is 0 Å². The van der Waals surface area contributed by atoms with Crippen molar-refractivity contribution in [2.45, 2.75) is 57.5 Å². The molecule has 132 valence electrons. The van der Waals surface area contributed by atoms with E-state index in [1.807, 2.05) is 6.92 Å². The van der Waals surface area contributed by atoms with Gasteiger partial charge in [0, 0.05) is 12.5 Å². The summed E-state index contributed by atoms with van der Waals surface area (Å²) in [4.78, 5) is 28.0. The van der Waals surface area contributed by atoms with E-state index >= 15 is 0 Å². The van der Waals surface area contributed by atoms with Gasteiger partial charge >= 0.3 is 11.9 Å². The Morgan fingerprint density at radius 1 is 1.13 bits per heavy atom. The predicted molar refractivity (Wildman–Crippen MR) is 87.1 cm³/mol. The van der Waals surface area contributed by atoms with Gasteiger partial charge in [-0.3, -0.25) is 14.5 Å². The number of carbonyl (C=O) groups excluding carboxylic acids is 2. The SMILES string of the molecule is CCOC(=O)CCCN1CCC(N2CCC[C@H]2C(=O)OC)CC1. The van der Waals surface area contributed by atoms with Crippen molar-refractivity contribution >= 4 is 11.9 Å². The average molecular weight is 326 g/mol. The van der Waals surface area contributed by atoms with Gasteiger partial charge in [0.05, 0.1) is 13.7 Å². The second kappa shape index (κ2) is 9.23. The number of piperidine rings is 1. The highest BCUT2D eigenvalue weighted by Gasteiger charge is 2.37. The van der Waals surface area contributed by atoms with E-state index in [0.29, 0.717) is 19.1 Å². The quantitative estimate of drug-likeness (QED) is 0.660. The number of likely N-dealkylation sites (tertiary alicyclic amines) is 2. The number of ether oxygens (including phenoxy) is 2. The molecule has 1 atom stereocenters. The van der Waals surface area contributed by atoms with Crippen LogP contribution in [0.15, 0.2) is 0 Å². The van der Waals surface area contributed by atoms with Gasteiger partial charge in [-0.05, 0) is 65.2 Å². The second-order valence-corrected chi connectivity index (χ2v) is 6.40. The Morgan fingerprint density at radius 2 is 1.87 bits per heavy atom. The van der Waals surface area contributed by atoms with Crippen molar-refractivity contribution < 1.29 is 19.1 Å². The fraction of sp³-hybridized carbons (Fsp3) is 0.882. The lowest BCUT2D eigenvalue weighted by atomic mass is 10.0. The van der Waals surface area contributed by atoms with Crippen molar-refractivity contribution in [3.05, 3.63) is 0 Å². The third kappa shape index (κ3) is 5.18. The minimum atomic E-state index is -0.0969. The van der Waals surface area contributed by atoms with Crippen LogP contribution in [0.2, 0.25) is 0 Å². The molecule has 2 saturated heterocycles. The van der Waals surface area contributed by atoms with Crippen LogP contribution in [0.5, 0.6) is 0 Å². The molecule has 2 rings (SSSR count). The van der Waals surface area contributed by atoms with Crippen LogP contribution in [-0.4, -0.2) is 73.7 Å². The monoisotopic (exact) mass is 326 g/mol. The molecule has 0 aromatic rings. The fourth-order valence-electron chi connectivity index (χ4n) is 3.77. The summed E-state index contributed by atoms with van der Waals surface area (Å²) < 4.78 is 9.89. The van der Waals surface area contributed by atoms with E-state index in [1.165, 1.54) is 7.11 Å². The van der Waals surface area contributed by atoms with Gasteiger partial charge in [-0.15, -0.1) is 0 Å². The molecule has 0 N–H and O–H groups in total. The van der Waals surface area contributed by atoms with E-state index in [0.717, 1.165) is 58.3 Å². The molecule has 0 unspecified atom stereocenters. The minimum absolute atomic E-state index is 0.0413. The third-order valence-electron chi connectivity index (χ3n) is 4.95. The highest BCUT2D eigenvalue weighted by molar-refractivity contribution is 5.76. The Hall–Kier alpha value is -1.14. The molecule has 2 aliphatic rings. The summed E-state index contributed by atoms with van der Waals surface area (Å²) in [6, 6.07) is 0.447. The Bertz CT molecular complexity index is 394. The van der Waals surface area contributed by atoms with Gasteiger partial charge in [-0.25, -0.2) is 0 Å². The van der Waals surface area contributed by atoms with Crippen molar-refractivity contribution in [2.24, 2.45) is 0 Å². The normalized spacial score (nSPS) is 23.8. The first-order valence-corrected chi connectivity index (χ1v) is 8.87. The van der Waals surface area contributed by atoms with Gasteiger partial charge in [0.25, 0.3) is 0 Å². The molecule has 0 radical (unpaired) electrons. The number of rotatable bonds is 7. The zero-order valence-electron chi connectivity index (χ0n) is 14.5. The smallest absolute Gasteiger partial charge is 0.323 e. The maximum atomic E-state index is 11.9. The summed E-state index contributed by atoms with van der Waals surface area (Å²) >= 11 is 0. The molecule has 0 amide bonds. The molecule has 2 fully saturated rings. The molecular formula is C17H30N2O4. The molecular weight excluding hydrogens is 296 g/mol. The minimum Gasteiger partial charge on any atom is -0.468 e. The van der Waals surface area contributed by atoms with Crippen LogP contribution in [-0.2, 0) is 19.1 Å². The van der Waals surface area contributed by atoms with Gasteiger partial charge in [0.15, 0.2) is 0 Å². The van der Waals surface area contributed by atoms with Crippen LogP contribution in [0.4, 0.5) is 0 Å². The zero-order valence-corrected chi connectivity index (χ0v) is 14.5. The summed E-state index contributed by atoms with van der Waals surface area (Å²) in [5, 5.41) is 0. The van der Waals surface area contributed by atoms with Crippen molar-refractivity contribution in [1.82, 2.24) is 9.80 Å². The number of carbonyl (C=O) groups is 2. The van der Waals surface area contributed by atoms with Gasteiger partial charge in [0.2, 0.25) is 0 Å². The molecule has 6 heteroatoms. The summed E-state index contributed by atoms with van der Waals surface area (Å²) in [5.41, 5.74) is 0. The average Bonchev–Trinajstić information content (AvgIpc) is 3.04. The summed E-state index contributed by atoms with van der Waals surface area (Å²) in [5.74, 6) is -0.181. The third-order valence-corrected chi connectivity index (χ3v) is 4.95. The standard InChI is InChI=1S/C17H30N2O4/c1-3-23-16(20)7-5-10-18-12-8-14(9-13-18)19-11-4-6-15(19)17(21)22-2/h14-15H,3-13H2,1-2H3/t15-/m0/s1. The lowest BCUT2D eigenvalue weighted by Gasteiger charge is -2.38. The molecule has 0 aromatic heterocycles. The lowest BCUT2D eigenvalue weighted by Crippen LogP contribution is -2.49. The highest BCUT2D eigenvalue weighted by Crippen LogP contribution is 2.26. The molecule has 6 nitrogen and oxygen atoms in total. The molecule has 0 saturated carbocycles. The van der Waals surface area contributed by atoms with Crippen LogP contribution in [0.3, 0.4) is 0 Å². The number of esters is 2. The van der Waals surface area contributed by atoms with Crippen molar-refractivity contribution in [3.8, 4) is 0 Å². The van der Waals surface area contributed by atoms with Crippen LogP contribution in [0.25, 0.3) is 0 Å². The Morgan fingerprint density at radius 3 is 2.52 bits per heavy atom. The van der Waals surface area contributed by atoms with Gasteiger partial charge in [-0.2, -0.15) is 0 Å². The van der Waals surface area contributed by atoms with Crippen molar-refractivity contribution in [1.29, 1.82) is 0 Å². The first-order chi connectivity index (χ1) is 11.2. The Labute approximate surface area is 139 Å². The zero-order chi connectivity index (χ0) is 16.7. The Balaban J connectivity index is 1.69. The maximum Gasteiger partial charge on any atom is 0.323 e. The van der Waals surface area contributed by atoms with E-state index in [2.05, 4.69) is 9.80 Å². The van der Waals surface area contributed by atoms with E-state index in [1.54, 1.807) is 0 Å². The molecule has 0 aromatic carbocycles. The van der Waals surface area contributed by atoms with E-state index in [-0.39, 0.29) is 18.0 Å². The topological polar surface area (TPSA) is 59.1 Å². The number of hydrogen-bond donors (Lipinski definition) is 0. The van der Waals surface area contributed by atoms with Crippen molar-refractivity contribution in [2.75, 3.05) is 39.9 Å². The van der Waals surface area contributed by atoms with E-state index in [4.69, 9.17) is 9.47 Å². The van der Waals surface area contributed by atoms with E-state index in [9.17, 15) is 9.59 Å². The lowest BCUT2D eigenvalue weighted by molar-refractivity contribution is -0.147. The van der Waals surface area contributed by atoms with E-state index < -0.39 is 0 Å². The van der Waals surface area contributed by atoms with Crippen LogP contribution in [0, 0.1) is 0 Å². The van der Waals surface area contributed by atoms with Crippen LogP contribution in [0.1, 0.15) is 45.4 Å². The molecule has 23 heavy (non-hydrogen) atoms. The molecule has 0 bridgehead atoms. The number of methoxy groups -OCH3 is 1. The fourth-order valence-corrected chi connectivity index (χ4v) is 3.77. The molecule has 0 spiro atoms. The van der Waals surface area contributed by atoms with Gasteiger partial charge in [0.1, 0.15) is 6.04 Å². The number of hydrogen-bond acceptors (Lipinski definition) is 6. The van der Waals surface area contributed by atoms with Crippen LogP contribution < -0.4 is 0 Å². The maximum absolute atomic E-state index is 11.9. The molecule has 2 aliphatic heterocycles. The van der Waals surface area contributed by atoms with Gasteiger partial charge < -0.3 is 14.4 Å². The first kappa shape index (κ1) is 18.2. The molecule has 0 aliphatic carbocycles. The Kier molecular flexibility index (Phi) is 7.30. The highest BCUT2D eigenvalue weighted by atomic mass is 16.5. The van der Waals surface area contributed by atoms with Crippen LogP contribution >= 0.6 is 0 Å². The molecule has 2 heterocycles. The number of nitrogens with zero attached hydrogens (tertiary/aromatic N) is 2. The summed E-state index contributed by atoms with van der Waals surface area (Å²) in [6.45, 7) is 6.33. The van der Waals surface area contributed by atoms with Gasteiger partial charge in [-0.1, -0.05) is 0 Å².